The Hall–Kier alpha value is -1.98. The minimum Gasteiger partial charge on any atom is -0.352 e. The number of hydrogen-bond donors (Lipinski definition) is 1. The normalized spacial score (nSPS) is 12.8. The molecule has 2 atom stereocenters. The van der Waals surface area contributed by atoms with Gasteiger partial charge in [-0.25, -0.2) is 0 Å². The van der Waals surface area contributed by atoms with Gasteiger partial charge in [0.25, 0.3) is 0 Å². The summed E-state index contributed by atoms with van der Waals surface area (Å²) in [6, 6.07) is 15.1. The molecule has 0 radical (unpaired) electrons. The van der Waals surface area contributed by atoms with E-state index in [-0.39, 0.29) is 23.6 Å². The molecule has 4 nitrogen and oxygen atoms in total. The molecular weight excluding hydrogens is 416 g/mol. The lowest BCUT2D eigenvalue weighted by molar-refractivity contribution is -0.138. The second-order valence-electron chi connectivity index (χ2n) is 7.53. The average Bonchev–Trinajstić information content (AvgIpc) is 2.73. The third-order valence-corrected chi connectivity index (χ3v) is 6.55. The number of benzene rings is 2. The molecule has 2 aromatic rings. The lowest BCUT2D eigenvalue weighted by Gasteiger charge is -2.30. The van der Waals surface area contributed by atoms with Crippen LogP contribution in [0.1, 0.15) is 43.9 Å². The summed E-state index contributed by atoms with van der Waals surface area (Å²) < 4.78 is 0. The maximum Gasteiger partial charge on any atom is 0.242 e. The van der Waals surface area contributed by atoms with E-state index in [2.05, 4.69) is 5.32 Å². The Labute approximate surface area is 189 Å². The number of aryl methyl sites for hydroxylation is 1. The van der Waals surface area contributed by atoms with E-state index in [0.29, 0.717) is 17.3 Å². The van der Waals surface area contributed by atoms with Crippen molar-refractivity contribution in [2.75, 3.05) is 5.75 Å². The van der Waals surface area contributed by atoms with Gasteiger partial charge in [0.1, 0.15) is 6.04 Å². The van der Waals surface area contributed by atoms with Gasteiger partial charge in [-0.1, -0.05) is 61.0 Å². The lowest BCUT2D eigenvalue weighted by atomic mass is 10.1. The fraction of sp³-hybridized carbons (Fsp3) is 0.417. The van der Waals surface area contributed by atoms with Gasteiger partial charge in [-0.15, -0.1) is 11.8 Å². The first-order valence-corrected chi connectivity index (χ1v) is 11.8. The summed E-state index contributed by atoms with van der Waals surface area (Å²) >= 11 is 7.73. The number of amides is 2. The molecule has 2 amide bonds. The predicted octanol–water partition coefficient (Wildman–Crippen LogP) is 5.21. The number of carbonyl (C=O) groups is 2. The Morgan fingerprint density at radius 2 is 1.70 bits per heavy atom. The van der Waals surface area contributed by atoms with Crippen molar-refractivity contribution in [3.63, 3.8) is 0 Å². The molecule has 0 aromatic heterocycles. The molecule has 30 heavy (non-hydrogen) atoms. The minimum absolute atomic E-state index is 0.0536. The van der Waals surface area contributed by atoms with Crippen molar-refractivity contribution in [2.24, 2.45) is 0 Å². The molecule has 6 heteroatoms. The molecule has 0 fully saturated rings. The highest BCUT2D eigenvalue weighted by Gasteiger charge is 2.27. The summed E-state index contributed by atoms with van der Waals surface area (Å²) in [4.78, 5) is 27.6. The van der Waals surface area contributed by atoms with E-state index in [0.717, 1.165) is 23.1 Å². The van der Waals surface area contributed by atoms with Crippen molar-refractivity contribution in [3.8, 4) is 0 Å². The van der Waals surface area contributed by atoms with Gasteiger partial charge in [-0.2, -0.15) is 0 Å². The van der Waals surface area contributed by atoms with E-state index in [1.807, 2.05) is 69.3 Å². The largest absolute Gasteiger partial charge is 0.352 e. The van der Waals surface area contributed by atoms with Crippen LogP contribution >= 0.6 is 23.4 Å². The standard InChI is InChI=1S/C24H31ClN2O2S/c1-5-18(3)26-24(29)19(4)27(14-20-11-7-6-10-17(20)2)23(28)16-30-15-21-12-8-9-13-22(21)25/h6-13,18-19H,5,14-16H2,1-4H3,(H,26,29)/t18-,19+/m1/s1. The van der Waals surface area contributed by atoms with Crippen molar-refractivity contribution >= 4 is 35.2 Å². The number of carbonyl (C=O) groups excluding carboxylic acids is 2. The Morgan fingerprint density at radius 1 is 1.07 bits per heavy atom. The smallest absolute Gasteiger partial charge is 0.242 e. The second kappa shape index (κ2) is 12.0. The minimum atomic E-state index is -0.549. The van der Waals surface area contributed by atoms with Gasteiger partial charge in [-0.3, -0.25) is 9.59 Å². The summed E-state index contributed by atoms with van der Waals surface area (Å²) in [5.74, 6) is 0.763. The van der Waals surface area contributed by atoms with Gasteiger partial charge >= 0.3 is 0 Å². The maximum atomic E-state index is 13.1. The Morgan fingerprint density at radius 3 is 2.33 bits per heavy atom. The van der Waals surface area contributed by atoms with Crippen LogP contribution in [-0.2, 0) is 21.9 Å². The van der Waals surface area contributed by atoms with Crippen LogP contribution in [-0.4, -0.2) is 34.6 Å². The topological polar surface area (TPSA) is 49.4 Å². The molecule has 0 saturated heterocycles. The number of halogens is 1. The highest BCUT2D eigenvalue weighted by molar-refractivity contribution is 7.99. The fourth-order valence-corrected chi connectivity index (χ4v) is 4.16. The average molecular weight is 447 g/mol. The van der Waals surface area contributed by atoms with E-state index in [4.69, 9.17) is 11.6 Å². The van der Waals surface area contributed by atoms with Gasteiger partial charge in [0.2, 0.25) is 11.8 Å². The van der Waals surface area contributed by atoms with Crippen LogP contribution in [0.2, 0.25) is 5.02 Å². The summed E-state index contributed by atoms with van der Waals surface area (Å²) in [5.41, 5.74) is 3.16. The molecule has 0 heterocycles. The first-order chi connectivity index (χ1) is 14.3. The molecule has 0 aliphatic heterocycles. The SMILES string of the molecule is CC[C@@H](C)NC(=O)[C@H](C)N(Cc1ccccc1C)C(=O)CSCc1ccccc1Cl. The molecule has 2 aromatic carbocycles. The van der Waals surface area contributed by atoms with Gasteiger partial charge < -0.3 is 10.2 Å². The molecule has 2 rings (SSSR count). The zero-order chi connectivity index (χ0) is 22.1. The molecular formula is C24H31ClN2O2S. The molecule has 0 aliphatic carbocycles. The summed E-state index contributed by atoms with van der Waals surface area (Å²) in [5, 5.41) is 3.70. The number of nitrogens with zero attached hydrogens (tertiary/aromatic N) is 1. The highest BCUT2D eigenvalue weighted by Crippen LogP contribution is 2.22. The Balaban J connectivity index is 2.10. The van der Waals surface area contributed by atoms with E-state index < -0.39 is 6.04 Å². The zero-order valence-corrected chi connectivity index (χ0v) is 19.7. The van der Waals surface area contributed by atoms with Crippen LogP contribution < -0.4 is 5.32 Å². The third kappa shape index (κ3) is 7.06. The van der Waals surface area contributed by atoms with Gasteiger partial charge in [0, 0.05) is 23.4 Å². The molecule has 0 bridgehead atoms. The molecule has 162 valence electrons. The molecule has 0 aliphatic rings. The van der Waals surface area contributed by atoms with Crippen molar-refractivity contribution in [2.45, 2.75) is 58.5 Å². The monoisotopic (exact) mass is 446 g/mol. The van der Waals surface area contributed by atoms with E-state index in [9.17, 15) is 9.59 Å². The van der Waals surface area contributed by atoms with Crippen LogP contribution in [0.4, 0.5) is 0 Å². The van der Waals surface area contributed by atoms with E-state index in [1.165, 1.54) is 11.8 Å². The van der Waals surface area contributed by atoms with Crippen molar-refractivity contribution in [1.82, 2.24) is 10.2 Å². The third-order valence-electron chi connectivity index (χ3n) is 5.21. The number of rotatable bonds is 10. The quantitative estimate of drug-likeness (QED) is 0.544. The second-order valence-corrected chi connectivity index (χ2v) is 8.92. The summed E-state index contributed by atoms with van der Waals surface area (Å²) in [7, 11) is 0. The summed E-state index contributed by atoms with van der Waals surface area (Å²) in [6.45, 7) is 8.22. The zero-order valence-electron chi connectivity index (χ0n) is 18.2. The lowest BCUT2D eigenvalue weighted by Crippen LogP contribution is -2.50. The van der Waals surface area contributed by atoms with Gasteiger partial charge in [-0.05, 0) is 49.9 Å². The highest BCUT2D eigenvalue weighted by atomic mass is 35.5. The van der Waals surface area contributed by atoms with Crippen LogP contribution in [0, 0.1) is 6.92 Å². The number of thioether (sulfide) groups is 1. The first kappa shape index (κ1) is 24.3. The molecule has 0 unspecified atom stereocenters. The van der Waals surface area contributed by atoms with Gasteiger partial charge in [0.05, 0.1) is 5.75 Å². The van der Waals surface area contributed by atoms with Crippen LogP contribution in [0.3, 0.4) is 0 Å². The molecule has 0 saturated carbocycles. The Kier molecular flexibility index (Phi) is 9.73. The Bertz CT molecular complexity index is 859. The number of nitrogens with one attached hydrogen (secondary N) is 1. The van der Waals surface area contributed by atoms with Crippen molar-refractivity contribution in [1.29, 1.82) is 0 Å². The number of hydrogen-bond acceptors (Lipinski definition) is 3. The maximum absolute atomic E-state index is 13.1. The van der Waals surface area contributed by atoms with Crippen molar-refractivity contribution in [3.05, 3.63) is 70.2 Å². The fourth-order valence-electron chi connectivity index (χ4n) is 2.97. The predicted molar refractivity (Wildman–Crippen MR) is 127 cm³/mol. The molecule has 0 spiro atoms. The van der Waals surface area contributed by atoms with Crippen LogP contribution in [0.5, 0.6) is 0 Å². The van der Waals surface area contributed by atoms with E-state index in [1.54, 1.807) is 11.8 Å². The summed E-state index contributed by atoms with van der Waals surface area (Å²) in [6.07, 6.45) is 0.845. The van der Waals surface area contributed by atoms with Crippen LogP contribution in [0.15, 0.2) is 48.5 Å². The van der Waals surface area contributed by atoms with E-state index >= 15 is 0 Å². The van der Waals surface area contributed by atoms with Gasteiger partial charge in [0.15, 0.2) is 0 Å². The first-order valence-electron chi connectivity index (χ1n) is 10.3. The van der Waals surface area contributed by atoms with Crippen LogP contribution in [0.25, 0.3) is 0 Å². The molecule has 1 N–H and O–H groups in total. The van der Waals surface area contributed by atoms with Crippen molar-refractivity contribution < 1.29 is 9.59 Å².